The monoisotopic (exact) mass is 334 g/mol. The fraction of sp³-hybridized carbons (Fsp3) is 0.312. The Morgan fingerprint density at radius 1 is 1.17 bits per heavy atom. The molecule has 0 atom stereocenters. The standard InChI is InChI=1S/C16H18N2O4S/c1-21-14(19)8-9-18(10-12-6-4-3-5-7-12)13-11-23-17-15(13)16(20)22-2/h3-7,11H,8-10H2,1-2H3. The topological polar surface area (TPSA) is 68.7 Å². The second-order valence-electron chi connectivity index (χ2n) is 4.77. The number of carbonyl (C=O) groups is 2. The van der Waals surface area contributed by atoms with E-state index in [1.807, 2.05) is 35.2 Å². The third kappa shape index (κ3) is 4.53. The minimum atomic E-state index is -0.489. The lowest BCUT2D eigenvalue weighted by molar-refractivity contribution is -0.140. The predicted molar refractivity (Wildman–Crippen MR) is 87.6 cm³/mol. The van der Waals surface area contributed by atoms with Gasteiger partial charge in [-0.2, -0.15) is 4.37 Å². The molecule has 0 saturated heterocycles. The van der Waals surface area contributed by atoms with Gasteiger partial charge in [0.15, 0.2) is 5.69 Å². The van der Waals surface area contributed by atoms with E-state index in [2.05, 4.69) is 4.37 Å². The number of esters is 2. The summed E-state index contributed by atoms with van der Waals surface area (Å²) in [7, 11) is 2.68. The summed E-state index contributed by atoms with van der Waals surface area (Å²) in [4.78, 5) is 25.2. The van der Waals surface area contributed by atoms with Crippen LogP contribution in [0.2, 0.25) is 0 Å². The Kier molecular flexibility index (Phi) is 6.10. The maximum atomic E-state index is 11.9. The zero-order valence-corrected chi connectivity index (χ0v) is 13.8. The van der Waals surface area contributed by atoms with Gasteiger partial charge in [-0.1, -0.05) is 30.3 Å². The van der Waals surface area contributed by atoms with Crippen molar-refractivity contribution in [3.05, 3.63) is 47.0 Å². The highest BCUT2D eigenvalue weighted by molar-refractivity contribution is 7.04. The lowest BCUT2D eigenvalue weighted by Gasteiger charge is -2.23. The molecule has 2 rings (SSSR count). The average molecular weight is 334 g/mol. The van der Waals surface area contributed by atoms with Crippen LogP contribution in [0.15, 0.2) is 35.7 Å². The summed E-state index contributed by atoms with van der Waals surface area (Å²) in [5.74, 6) is -0.789. The predicted octanol–water partition coefficient (Wildman–Crippen LogP) is 2.50. The largest absolute Gasteiger partial charge is 0.469 e. The van der Waals surface area contributed by atoms with E-state index in [1.54, 1.807) is 5.38 Å². The molecule has 122 valence electrons. The SMILES string of the molecule is COC(=O)CCN(Cc1ccccc1)c1csnc1C(=O)OC. The van der Waals surface area contributed by atoms with Gasteiger partial charge in [0, 0.05) is 18.5 Å². The van der Waals surface area contributed by atoms with E-state index in [1.165, 1.54) is 25.8 Å². The van der Waals surface area contributed by atoms with E-state index in [9.17, 15) is 9.59 Å². The Balaban J connectivity index is 2.24. The number of rotatable bonds is 7. The first kappa shape index (κ1) is 17.0. The first-order chi connectivity index (χ1) is 11.2. The van der Waals surface area contributed by atoms with E-state index in [4.69, 9.17) is 9.47 Å². The summed E-state index contributed by atoms with van der Waals surface area (Å²) in [6, 6.07) is 9.81. The fourth-order valence-electron chi connectivity index (χ4n) is 2.11. The second kappa shape index (κ2) is 8.28. The van der Waals surface area contributed by atoms with Crippen molar-refractivity contribution in [1.29, 1.82) is 0 Å². The molecule has 0 aliphatic carbocycles. The zero-order chi connectivity index (χ0) is 16.7. The van der Waals surface area contributed by atoms with Crippen molar-refractivity contribution in [3.63, 3.8) is 0 Å². The highest BCUT2D eigenvalue weighted by Gasteiger charge is 2.21. The van der Waals surface area contributed by atoms with E-state index in [0.717, 1.165) is 5.56 Å². The van der Waals surface area contributed by atoms with Crippen LogP contribution in [0.1, 0.15) is 22.5 Å². The van der Waals surface area contributed by atoms with Crippen LogP contribution >= 0.6 is 11.5 Å². The minimum absolute atomic E-state index is 0.222. The Morgan fingerprint density at radius 3 is 2.57 bits per heavy atom. The number of hydrogen-bond acceptors (Lipinski definition) is 7. The molecule has 0 bridgehead atoms. The highest BCUT2D eigenvalue weighted by atomic mass is 32.1. The molecule has 2 aromatic rings. The summed E-state index contributed by atoms with van der Waals surface area (Å²) < 4.78 is 13.6. The van der Waals surface area contributed by atoms with Crippen LogP contribution in [-0.4, -0.2) is 37.1 Å². The van der Waals surface area contributed by atoms with Crippen molar-refractivity contribution in [2.45, 2.75) is 13.0 Å². The van der Waals surface area contributed by atoms with Crippen molar-refractivity contribution in [2.75, 3.05) is 25.7 Å². The average Bonchev–Trinajstić information content (AvgIpc) is 3.08. The highest BCUT2D eigenvalue weighted by Crippen LogP contribution is 2.25. The lowest BCUT2D eigenvalue weighted by Crippen LogP contribution is -2.27. The van der Waals surface area contributed by atoms with Gasteiger partial charge in [-0.05, 0) is 17.1 Å². The van der Waals surface area contributed by atoms with Gasteiger partial charge in [-0.15, -0.1) is 0 Å². The Morgan fingerprint density at radius 2 is 1.91 bits per heavy atom. The Labute approximate surface area is 138 Å². The number of hydrogen-bond donors (Lipinski definition) is 0. The van der Waals surface area contributed by atoms with Crippen molar-refractivity contribution in [2.24, 2.45) is 0 Å². The molecule has 23 heavy (non-hydrogen) atoms. The van der Waals surface area contributed by atoms with Crippen LogP contribution in [0.5, 0.6) is 0 Å². The van der Waals surface area contributed by atoms with Gasteiger partial charge in [0.25, 0.3) is 0 Å². The lowest BCUT2D eigenvalue weighted by atomic mass is 10.2. The summed E-state index contributed by atoms with van der Waals surface area (Å²) in [6.45, 7) is 0.976. The quantitative estimate of drug-likeness (QED) is 0.725. The molecular weight excluding hydrogens is 316 g/mol. The van der Waals surface area contributed by atoms with Gasteiger partial charge in [0.1, 0.15) is 0 Å². The van der Waals surface area contributed by atoms with Crippen LogP contribution < -0.4 is 4.90 Å². The van der Waals surface area contributed by atoms with E-state index >= 15 is 0 Å². The van der Waals surface area contributed by atoms with Gasteiger partial charge in [0.2, 0.25) is 0 Å². The number of benzene rings is 1. The van der Waals surface area contributed by atoms with Crippen LogP contribution in [0.25, 0.3) is 0 Å². The van der Waals surface area contributed by atoms with Crippen molar-refractivity contribution in [1.82, 2.24) is 4.37 Å². The van der Waals surface area contributed by atoms with Crippen molar-refractivity contribution >= 4 is 29.2 Å². The molecule has 0 spiro atoms. The van der Waals surface area contributed by atoms with Crippen LogP contribution in [0.4, 0.5) is 5.69 Å². The van der Waals surface area contributed by atoms with Crippen LogP contribution in [0.3, 0.4) is 0 Å². The Bertz CT molecular complexity index is 657. The van der Waals surface area contributed by atoms with Gasteiger partial charge < -0.3 is 14.4 Å². The molecule has 1 aromatic carbocycles. The first-order valence-corrected chi connectivity index (χ1v) is 7.87. The number of methoxy groups -OCH3 is 2. The molecule has 0 N–H and O–H groups in total. The maximum Gasteiger partial charge on any atom is 0.359 e. The molecule has 6 nitrogen and oxygen atoms in total. The molecule has 0 aliphatic heterocycles. The van der Waals surface area contributed by atoms with Crippen molar-refractivity contribution < 1.29 is 19.1 Å². The molecule has 0 radical (unpaired) electrons. The minimum Gasteiger partial charge on any atom is -0.469 e. The van der Waals surface area contributed by atoms with Gasteiger partial charge in [-0.25, -0.2) is 4.79 Å². The van der Waals surface area contributed by atoms with Gasteiger partial charge in [0.05, 0.1) is 26.3 Å². The van der Waals surface area contributed by atoms with E-state index in [0.29, 0.717) is 18.8 Å². The molecule has 7 heteroatoms. The van der Waals surface area contributed by atoms with E-state index < -0.39 is 5.97 Å². The molecular formula is C16H18N2O4S. The molecule has 0 unspecified atom stereocenters. The number of anilines is 1. The van der Waals surface area contributed by atoms with Gasteiger partial charge in [-0.3, -0.25) is 4.79 Å². The molecule has 0 saturated carbocycles. The van der Waals surface area contributed by atoms with Crippen LogP contribution in [0, 0.1) is 0 Å². The molecule has 0 aliphatic rings. The van der Waals surface area contributed by atoms with Crippen molar-refractivity contribution in [3.8, 4) is 0 Å². The number of carbonyl (C=O) groups excluding carboxylic acids is 2. The fourth-order valence-corrected chi connectivity index (χ4v) is 2.80. The molecule has 1 heterocycles. The molecule has 0 fully saturated rings. The summed E-state index contributed by atoms with van der Waals surface area (Å²) in [5, 5.41) is 1.78. The maximum absolute atomic E-state index is 11.9. The normalized spacial score (nSPS) is 10.2. The number of nitrogens with zero attached hydrogens (tertiary/aromatic N) is 2. The van der Waals surface area contributed by atoms with Gasteiger partial charge >= 0.3 is 11.9 Å². The van der Waals surface area contributed by atoms with Crippen LogP contribution in [-0.2, 0) is 20.8 Å². The zero-order valence-electron chi connectivity index (χ0n) is 13.0. The van der Waals surface area contributed by atoms with E-state index in [-0.39, 0.29) is 18.1 Å². The smallest absolute Gasteiger partial charge is 0.359 e. The third-order valence-electron chi connectivity index (χ3n) is 3.30. The summed E-state index contributed by atoms with van der Waals surface area (Å²) >= 11 is 1.18. The number of ether oxygens (including phenoxy) is 2. The second-order valence-corrected chi connectivity index (χ2v) is 5.40. The number of aromatic nitrogens is 1. The third-order valence-corrected chi connectivity index (χ3v) is 3.92. The summed E-state index contributed by atoms with van der Waals surface area (Å²) in [6.07, 6.45) is 0.222. The summed E-state index contributed by atoms with van der Waals surface area (Å²) in [5.41, 5.74) is 1.99. The molecule has 0 amide bonds. The first-order valence-electron chi connectivity index (χ1n) is 7.04. The Hall–Kier alpha value is -2.41. The molecule has 1 aromatic heterocycles.